The first-order valence-corrected chi connectivity index (χ1v) is 5.11. The van der Waals surface area contributed by atoms with Crippen LogP contribution < -0.4 is 0 Å². The zero-order valence-corrected chi connectivity index (χ0v) is 9.07. The maximum Gasteiger partial charge on any atom is 0.258 e. The molecule has 0 spiro atoms. The van der Waals surface area contributed by atoms with Crippen LogP contribution in [0.2, 0.25) is 0 Å². The summed E-state index contributed by atoms with van der Waals surface area (Å²) in [6.45, 7) is 0. The van der Waals surface area contributed by atoms with Gasteiger partial charge in [-0.2, -0.15) is 10.2 Å². The fourth-order valence-corrected chi connectivity index (χ4v) is 1.47. The third-order valence-electron chi connectivity index (χ3n) is 2.29. The maximum atomic E-state index is 8.77. The Kier molecular flexibility index (Phi) is 2.35. The molecule has 0 aromatic carbocycles. The molecule has 0 aliphatic carbocycles. The number of pyridine rings is 1. The Hall–Kier alpha value is -2.94. The molecular formula is C12H6N4O2. The minimum absolute atomic E-state index is 0.297. The predicted molar refractivity (Wildman–Crippen MR) is 59.9 cm³/mol. The lowest BCUT2D eigenvalue weighted by Crippen LogP contribution is -1.84. The maximum absolute atomic E-state index is 8.77. The van der Waals surface area contributed by atoms with E-state index >= 15 is 0 Å². The van der Waals surface area contributed by atoms with E-state index in [4.69, 9.17) is 14.2 Å². The van der Waals surface area contributed by atoms with Crippen molar-refractivity contribution in [3.8, 4) is 29.1 Å². The number of nitriles is 1. The molecule has 0 amide bonds. The van der Waals surface area contributed by atoms with Crippen LogP contribution in [0, 0.1) is 11.3 Å². The van der Waals surface area contributed by atoms with Crippen molar-refractivity contribution in [2.45, 2.75) is 0 Å². The van der Waals surface area contributed by atoms with Crippen LogP contribution in [0.3, 0.4) is 0 Å². The summed E-state index contributed by atoms with van der Waals surface area (Å²) >= 11 is 0. The monoisotopic (exact) mass is 238 g/mol. The lowest BCUT2D eigenvalue weighted by atomic mass is 10.2. The van der Waals surface area contributed by atoms with Crippen LogP contribution in [-0.4, -0.2) is 15.1 Å². The average Bonchev–Trinajstić information content (AvgIpc) is 3.09. The normalized spacial score (nSPS) is 10.2. The van der Waals surface area contributed by atoms with Crippen LogP contribution >= 0.6 is 0 Å². The molecule has 0 aliphatic rings. The summed E-state index contributed by atoms with van der Waals surface area (Å²) in [5, 5.41) is 12.6. The number of rotatable bonds is 2. The van der Waals surface area contributed by atoms with Crippen LogP contribution in [0.5, 0.6) is 0 Å². The van der Waals surface area contributed by atoms with Crippen molar-refractivity contribution < 1.29 is 8.94 Å². The molecule has 3 aromatic heterocycles. The molecule has 0 bridgehead atoms. The predicted octanol–water partition coefficient (Wildman–Crippen LogP) is 2.26. The standard InChI is InChI=1S/C12H6N4O2/c13-7-9-6-8(3-4-14-9)12-15-11(16-18-12)10-2-1-5-17-10/h1-6H. The van der Waals surface area contributed by atoms with Crippen molar-refractivity contribution >= 4 is 0 Å². The van der Waals surface area contributed by atoms with Crippen molar-refractivity contribution in [1.29, 1.82) is 5.26 Å². The Bertz CT molecular complexity index is 710. The lowest BCUT2D eigenvalue weighted by molar-refractivity contribution is 0.429. The van der Waals surface area contributed by atoms with Gasteiger partial charge in [-0.3, -0.25) is 0 Å². The fraction of sp³-hybridized carbons (Fsp3) is 0. The van der Waals surface area contributed by atoms with Crippen molar-refractivity contribution in [3.05, 3.63) is 42.4 Å². The van der Waals surface area contributed by atoms with Gasteiger partial charge in [0.25, 0.3) is 5.89 Å². The summed E-state index contributed by atoms with van der Waals surface area (Å²) in [6.07, 6.45) is 3.05. The van der Waals surface area contributed by atoms with Crippen LogP contribution in [0.1, 0.15) is 5.69 Å². The van der Waals surface area contributed by atoms with Gasteiger partial charge in [-0.1, -0.05) is 5.16 Å². The molecular weight excluding hydrogens is 232 g/mol. The van der Waals surface area contributed by atoms with Crippen LogP contribution in [0.15, 0.2) is 45.7 Å². The van der Waals surface area contributed by atoms with E-state index < -0.39 is 0 Å². The molecule has 6 heteroatoms. The van der Waals surface area contributed by atoms with Crippen molar-refractivity contribution in [1.82, 2.24) is 15.1 Å². The molecule has 18 heavy (non-hydrogen) atoms. The summed E-state index contributed by atoms with van der Waals surface area (Å²) in [5.41, 5.74) is 0.942. The molecule has 3 aromatic rings. The Morgan fingerprint density at radius 2 is 2.22 bits per heavy atom. The highest BCUT2D eigenvalue weighted by Crippen LogP contribution is 2.22. The van der Waals surface area contributed by atoms with Gasteiger partial charge in [-0.15, -0.1) is 0 Å². The third-order valence-corrected chi connectivity index (χ3v) is 2.29. The van der Waals surface area contributed by atoms with Gasteiger partial charge in [0, 0.05) is 11.8 Å². The number of furan rings is 1. The molecule has 0 N–H and O–H groups in total. The van der Waals surface area contributed by atoms with Gasteiger partial charge in [0.1, 0.15) is 11.8 Å². The van der Waals surface area contributed by atoms with E-state index in [0.717, 1.165) is 0 Å². The van der Waals surface area contributed by atoms with Crippen molar-refractivity contribution in [2.75, 3.05) is 0 Å². The number of hydrogen-bond donors (Lipinski definition) is 0. The van der Waals surface area contributed by atoms with E-state index in [0.29, 0.717) is 28.7 Å². The lowest BCUT2D eigenvalue weighted by Gasteiger charge is -1.92. The highest BCUT2D eigenvalue weighted by Gasteiger charge is 2.12. The van der Waals surface area contributed by atoms with Gasteiger partial charge < -0.3 is 8.94 Å². The van der Waals surface area contributed by atoms with E-state index in [1.54, 1.807) is 24.3 Å². The second-order valence-electron chi connectivity index (χ2n) is 3.44. The first-order valence-electron chi connectivity index (χ1n) is 5.11. The number of aromatic nitrogens is 3. The zero-order chi connectivity index (χ0) is 12.4. The highest BCUT2D eigenvalue weighted by molar-refractivity contribution is 5.57. The summed E-state index contributed by atoms with van der Waals surface area (Å²) in [7, 11) is 0. The van der Waals surface area contributed by atoms with Gasteiger partial charge in [-0.05, 0) is 24.3 Å². The minimum Gasteiger partial charge on any atom is -0.461 e. The molecule has 6 nitrogen and oxygen atoms in total. The first kappa shape index (κ1) is 10.2. The number of hydrogen-bond acceptors (Lipinski definition) is 6. The molecule has 0 atom stereocenters. The minimum atomic E-state index is 0.297. The SMILES string of the molecule is N#Cc1cc(-c2nc(-c3ccco3)no2)ccn1. The third kappa shape index (κ3) is 1.74. The second kappa shape index (κ2) is 4.14. The van der Waals surface area contributed by atoms with Crippen LogP contribution in [0.4, 0.5) is 0 Å². The Morgan fingerprint density at radius 3 is 3.00 bits per heavy atom. The van der Waals surface area contributed by atoms with Gasteiger partial charge in [0.05, 0.1) is 6.26 Å². The number of nitrogens with zero attached hydrogens (tertiary/aromatic N) is 4. The van der Waals surface area contributed by atoms with Crippen LogP contribution in [-0.2, 0) is 0 Å². The topological polar surface area (TPSA) is 88.7 Å². The van der Waals surface area contributed by atoms with E-state index in [9.17, 15) is 0 Å². The largest absolute Gasteiger partial charge is 0.461 e. The van der Waals surface area contributed by atoms with E-state index in [2.05, 4.69) is 15.1 Å². The molecule has 3 heterocycles. The molecule has 0 fully saturated rings. The molecule has 0 saturated heterocycles. The molecule has 0 radical (unpaired) electrons. The molecule has 86 valence electrons. The van der Waals surface area contributed by atoms with Gasteiger partial charge >= 0.3 is 0 Å². The van der Waals surface area contributed by atoms with Crippen molar-refractivity contribution in [3.63, 3.8) is 0 Å². The molecule has 3 rings (SSSR count). The van der Waals surface area contributed by atoms with Crippen molar-refractivity contribution in [2.24, 2.45) is 0 Å². The van der Waals surface area contributed by atoms with Gasteiger partial charge in [0.2, 0.25) is 5.82 Å². The Balaban J connectivity index is 2.01. The fourth-order valence-electron chi connectivity index (χ4n) is 1.47. The molecule has 0 aliphatic heterocycles. The first-order chi connectivity index (χ1) is 8.86. The smallest absolute Gasteiger partial charge is 0.258 e. The Morgan fingerprint density at radius 1 is 1.28 bits per heavy atom. The van der Waals surface area contributed by atoms with E-state index in [1.807, 2.05) is 6.07 Å². The molecule has 0 saturated carbocycles. The van der Waals surface area contributed by atoms with Gasteiger partial charge in [-0.25, -0.2) is 4.98 Å². The highest BCUT2D eigenvalue weighted by atomic mass is 16.5. The second-order valence-corrected chi connectivity index (χ2v) is 3.44. The molecule has 0 unspecified atom stereocenters. The Labute approximate surface area is 102 Å². The quantitative estimate of drug-likeness (QED) is 0.680. The average molecular weight is 238 g/mol. The summed E-state index contributed by atoms with van der Waals surface area (Å²) < 4.78 is 10.3. The zero-order valence-electron chi connectivity index (χ0n) is 9.07. The van der Waals surface area contributed by atoms with E-state index in [-0.39, 0.29) is 0 Å². The van der Waals surface area contributed by atoms with Gasteiger partial charge in [0.15, 0.2) is 5.76 Å². The summed E-state index contributed by atoms with van der Waals surface area (Å²) in [6, 6.07) is 8.71. The van der Waals surface area contributed by atoms with E-state index in [1.165, 1.54) is 12.5 Å². The summed E-state index contributed by atoms with van der Waals surface area (Å²) in [4.78, 5) is 8.06. The summed E-state index contributed by atoms with van der Waals surface area (Å²) in [5.74, 6) is 1.21. The van der Waals surface area contributed by atoms with Crippen LogP contribution in [0.25, 0.3) is 23.0 Å².